The normalized spacial score (nSPS) is 10.9. The van der Waals surface area contributed by atoms with Crippen molar-refractivity contribution in [1.82, 2.24) is 9.88 Å². The lowest BCUT2D eigenvalue weighted by Gasteiger charge is -2.19. The van der Waals surface area contributed by atoms with Crippen LogP contribution in [0.4, 0.5) is 11.5 Å². The van der Waals surface area contributed by atoms with Gasteiger partial charge in [0.1, 0.15) is 5.82 Å². The van der Waals surface area contributed by atoms with Crippen LogP contribution in [0.3, 0.4) is 0 Å². The van der Waals surface area contributed by atoms with Gasteiger partial charge in [-0.2, -0.15) is 0 Å². The first kappa shape index (κ1) is 21.1. The quantitative estimate of drug-likeness (QED) is 0.697. The molecule has 2 N–H and O–H groups in total. The van der Waals surface area contributed by atoms with E-state index in [1.807, 2.05) is 25.1 Å². The van der Waals surface area contributed by atoms with Gasteiger partial charge in [-0.05, 0) is 59.1 Å². The molecule has 2 rings (SSSR count). The standard InChI is InChI=1S/C20H25BrN4O2/c1-13(2)16-7-5-6-14(3)20(16)24-19(27)12-25(4)11-18(26)23-17-9-8-15(21)10-22-17/h5-10,13H,11-12H2,1-4H3,(H,24,27)(H,22,23,26). The number of aromatic nitrogens is 1. The van der Waals surface area contributed by atoms with Crippen molar-refractivity contribution in [2.75, 3.05) is 30.8 Å². The third-order valence-corrected chi connectivity index (χ3v) is 4.48. The number of carbonyl (C=O) groups is 2. The van der Waals surface area contributed by atoms with Gasteiger partial charge < -0.3 is 10.6 Å². The van der Waals surface area contributed by atoms with Gasteiger partial charge in [-0.3, -0.25) is 14.5 Å². The Morgan fingerprint density at radius 3 is 2.37 bits per heavy atom. The van der Waals surface area contributed by atoms with E-state index in [0.717, 1.165) is 21.3 Å². The Morgan fingerprint density at radius 1 is 1.11 bits per heavy atom. The number of likely N-dealkylation sites (N-methyl/N-ethyl adjacent to an activating group) is 1. The molecule has 6 nitrogen and oxygen atoms in total. The lowest BCUT2D eigenvalue weighted by Crippen LogP contribution is -2.36. The van der Waals surface area contributed by atoms with Crippen LogP contribution in [0.1, 0.15) is 30.9 Å². The molecule has 0 aliphatic rings. The highest BCUT2D eigenvalue weighted by Gasteiger charge is 2.15. The first-order valence-corrected chi connectivity index (χ1v) is 9.55. The van der Waals surface area contributed by atoms with Gasteiger partial charge in [-0.1, -0.05) is 32.0 Å². The number of rotatable bonds is 7. The zero-order chi connectivity index (χ0) is 20.0. The molecule has 0 atom stereocenters. The smallest absolute Gasteiger partial charge is 0.239 e. The van der Waals surface area contributed by atoms with Gasteiger partial charge in [0.15, 0.2) is 0 Å². The molecule has 0 radical (unpaired) electrons. The summed E-state index contributed by atoms with van der Waals surface area (Å²) in [6, 6.07) is 9.50. The number of nitrogens with zero attached hydrogens (tertiary/aromatic N) is 2. The van der Waals surface area contributed by atoms with E-state index in [4.69, 9.17) is 0 Å². The van der Waals surface area contributed by atoms with Gasteiger partial charge in [-0.25, -0.2) is 4.98 Å². The third kappa shape index (κ3) is 6.45. The van der Waals surface area contributed by atoms with Crippen molar-refractivity contribution in [2.45, 2.75) is 26.7 Å². The van der Waals surface area contributed by atoms with Crippen molar-refractivity contribution in [3.05, 3.63) is 52.1 Å². The first-order chi connectivity index (χ1) is 12.8. The summed E-state index contributed by atoms with van der Waals surface area (Å²) in [7, 11) is 1.73. The van der Waals surface area contributed by atoms with E-state index >= 15 is 0 Å². The van der Waals surface area contributed by atoms with Gasteiger partial charge >= 0.3 is 0 Å². The minimum absolute atomic E-state index is 0.0932. The van der Waals surface area contributed by atoms with Crippen molar-refractivity contribution >= 4 is 39.2 Å². The predicted molar refractivity (Wildman–Crippen MR) is 112 cm³/mol. The Balaban J connectivity index is 1.90. The number of para-hydroxylation sites is 1. The van der Waals surface area contributed by atoms with E-state index in [0.29, 0.717) is 11.7 Å². The maximum absolute atomic E-state index is 12.4. The van der Waals surface area contributed by atoms with Crippen LogP contribution in [0.2, 0.25) is 0 Å². The summed E-state index contributed by atoms with van der Waals surface area (Å²) in [5.41, 5.74) is 2.98. The van der Waals surface area contributed by atoms with E-state index in [2.05, 4.69) is 45.4 Å². The third-order valence-electron chi connectivity index (χ3n) is 4.01. The van der Waals surface area contributed by atoms with Crippen LogP contribution in [-0.2, 0) is 9.59 Å². The average molecular weight is 433 g/mol. The number of anilines is 2. The minimum Gasteiger partial charge on any atom is -0.324 e. The van der Waals surface area contributed by atoms with Gasteiger partial charge in [0.2, 0.25) is 11.8 Å². The van der Waals surface area contributed by atoms with Crippen LogP contribution >= 0.6 is 15.9 Å². The molecule has 0 unspecified atom stereocenters. The Bertz CT molecular complexity index is 806. The van der Waals surface area contributed by atoms with Crippen LogP contribution in [0.25, 0.3) is 0 Å². The van der Waals surface area contributed by atoms with E-state index in [1.165, 1.54) is 0 Å². The highest BCUT2D eigenvalue weighted by molar-refractivity contribution is 9.10. The lowest BCUT2D eigenvalue weighted by atomic mass is 9.98. The fraction of sp³-hybridized carbons (Fsp3) is 0.350. The molecule has 0 aliphatic carbocycles. The van der Waals surface area contributed by atoms with Crippen molar-refractivity contribution in [1.29, 1.82) is 0 Å². The Hall–Kier alpha value is -2.25. The molecular formula is C20H25BrN4O2. The summed E-state index contributed by atoms with van der Waals surface area (Å²) in [5, 5.41) is 5.70. The van der Waals surface area contributed by atoms with E-state index in [9.17, 15) is 9.59 Å². The van der Waals surface area contributed by atoms with Crippen LogP contribution in [-0.4, -0.2) is 41.8 Å². The van der Waals surface area contributed by atoms with Gasteiger partial charge in [0, 0.05) is 16.4 Å². The van der Waals surface area contributed by atoms with Gasteiger partial charge in [0.05, 0.1) is 13.1 Å². The topological polar surface area (TPSA) is 74.3 Å². The number of hydrogen-bond donors (Lipinski definition) is 2. The minimum atomic E-state index is -0.223. The highest BCUT2D eigenvalue weighted by Crippen LogP contribution is 2.27. The van der Waals surface area contributed by atoms with Crippen LogP contribution in [0.5, 0.6) is 0 Å². The predicted octanol–water partition coefficient (Wildman–Crippen LogP) is 3.78. The van der Waals surface area contributed by atoms with Crippen LogP contribution in [0, 0.1) is 6.92 Å². The molecule has 1 heterocycles. The number of carbonyl (C=O) groups excluding carboxylic acids is 2. The Morgan fingerprint density at radius 2 is 1.78 bits per heavy atom. The number of hydrogen-bond acceptors (Lipinski definition) is 4. The monoisotopic (exact) mass is 432 g/mol. The number of aryl methyl sites for hydroxylation is 1. The molecular weight excluding hydrogens is 408 g/mol. The molecule has 0 bridgehead atoms. The second kappa shape index (κ2) is 9.62. The second-order valence-electron chi connectivity index (χ2n) is 6.82. The summed E-state index contributed by atoms with van der Waals surface area (Å²) in [5.74, 6) is 0.409. The summed E-state index contributed by atoms with van der Waals surface area (Å²) >= 11 is 3.30. The largest absolute Gasteiger partial charge is 0.324 e. The first-order valence-electron chi connectivity index (χ1n) is 8.75. The maximum atomic E-state index is 12.4. The van der Waals surface area contributed by atoms with E-state index < -0.39 is 0 Å². The number of pyridine rings is 1. The molecule has 0 fully saturated rings. The fourth-order valence-electron chi connectivity index (χ4n) is 2.70. The summed E-state index contributed by atoms with van der Waals surface area (Å²) in [6.45, 7) is 6.38. The zero-order valence-electron chi connectivity index (χ0n) is 16.0. The molecule has 7 heteroatoms. The molecule has 0 spiro atoms. The Labute approximate surface area is 168 Å². The summed E-state index contributed by atoms with van der Waals surface area (Å²) < 4.78 is 0.839. The Kier molecular flexibility index (Phi) is 7.50. The average Bonchev–Trinajstić information content (AvgIpc) is 2.58. The number of amides is 2. The number of halogens is 1. The van der Waals surface area contributed by atoms with Gasteiger partial charge in [-0.15, -0.1) is 0 Å². The van der Waals surface area contributed by atoms with Crippen molar-refractivity contribution in [3.8, 4) is 0 Å². The molecule has 0 saturated heterocycles. The zero-order valence-corrected chi connectivity index (χ0v) is 17.6. The molecule has 0 saturated carbocycles. The SMILES string of the molecule is Cc1cccc(C(C)C)c1NC(=O)CN(C)CC(=O)Nc1ccc(Br)cn1. The molecule has 27 heavy (non-hydrogen) atoms. The van der Waals surface area contributed by atoms with Crippen molar-refractivity contribution in [2.24, 2.45) is 0 Å². The van der Waals surface area contributed by atoms with Crippen molar-refractivity contribution < 1.29 is 9.59 Å². The van der Waals surface area contributed by atoms with Crippen molar-refractivity contribution in [3.63, 3.8) is 0 Å². The second-order valence-corrected chi connectivity index (χ2v) is 7.74. The summed E-state index contributed by atoms with van der Waals surface area (Å²) in [6.07, 6.45) is 1.61. The van der Waals surface area contributed by atoms with Gasteiger partial charge in [0.25, 0.3) is 0 Å². The molecule has 0 aliphatic heterocycles. The van der Waals surface area contributed by atoms with Crippen LogP contribution < -0.4 is 10.6 Å². The summed E-state index contributed by atoms with van der Waals surface area (Å²) in [4.78, 5) is 30.3. The highest BCUT2D eigenvalue weighted by atomic mass is 79.9. The molecule has 2 aromatic rings. The maximum Gasteiger partial charge on any atom is 0.239 e. The fourth-order valence-corrected chi connectivity index (χ4v) is 2.93. The molecule has 1 aromatic heterocycles. The molecule has 144 valence electrons. The molecule has 2 amide bonds. The van der Waals surface area contributed by atoms with E-state index in [-0.39, 0.29) is 24.9 Å². The lowest BCUT2D eigenvalue weighted by molar-refractivity contribution is -0.119. The number of benzene rings is 1. The van der Waals surface area contributed by atoms with Crippen LogP contribution in [0.15, 0.2) is 41.0 Å². The number of nitrogens with one attached hydrogen (secondary N) is 2. The van der Waals surface area contributed by atoms with E-state index in [1.54, 1.807) is 30.3 Å². The molecule has 1 aromatic carbocycles.